The first-order valence-electron chi connectivity index (χ1n) is 5.54. The van der Waals surface area contributed by atoms with Crippen LogP contribution >= 0.6 is 0 Å². The van der Waals surface area contributed by atoms with Gasteiger partial charge < -0.3 is 5.32 Å². The number of allylic oxidation sites excluding steroid dienone is 1. The SMILES string of the molecule is CCC(C)/C=C/CCNCC(C)C. The van der Waals surface area contributed by atoms with Gasteiger partial charge in [-0.1, -0.05) is 46.3 Å². The predicted octanol–water partition coefficient (Wildman–Crippen LogP) is 3.22. The average molecular weight is 183 g/mol. The summed E-state index contributed by atoms with van der Waals surface area (Å²) in [5.74, 6) is 1.50. The number of hydrogen-bond donors (Lipinski definition) is 1. The molecule has 0 heterocycles. The highest BCUT2D eigenvalue weighted by atomic mass is 14.8. The summed E-state index contributed by atoms with van der Waals surface area (Å²) in [6.45, 7) is 11.2. The Balaban J connectivity index is 3.20. The van der Waals surface area contributed by atoms with Crippen molar-refractivity contribution in [1.82, 2.24) is 5.32 Å². The maximum atomic E-state index is 3.43. The van der Waals surface area contributed by atoms with Gasteiger partial charge in [0.1, 0.15) is 0 Å². The highest BCUT2D eigenvalue weighted by Gasteiger charge is 1.91. The highest BCUT2D eigenvalue weighted by molar-refractivity contribution is 4.86. The van der Waals surface area contributed by atoms with Crippen molar-refractivity contribution in [3.8, 4) is 0 Å². The molecule has 1 nitrogen and oxygen atoms in total. The summed E-state index contributed by atoms with van der Waals surface area (Å²) in [6.07, 6.45) is 7.02. The van der Waals surface area contributed by atoms with E-state index in [4.69, 9.17) is 0 Å². The first kappa shape index (κ1) is 12.7. The molecule has 0 saturated carbocycles. The first-order valence-corrected chi connectivity index (χ1v) is 5.54. The van der Waals surface area contributed by atoms with Gasteiger partial charge in [0.2, 0.25) is 0 Å². The fraction of sp³-hybridized carbons (Fsp3) is 0.833. The first-order chi connectivity index (χ1) is 6.16. The zero-order chi connectivity index (χ0) is 10.1. The van der Waals surface area contributed by atoms with E-state index in [9.17, 15) is 0 Å². The van der Waals surface area contributed by atoms with Crippen LogP contribution in [-0.4, -0.2) is 13.1 Å². The van der Waals surface area contributed by atoms with Crippen LogP contribution in [0.2, 0.25) is 0 Å². The maximum absolute atomic E-state index is 3.43. The average Bonchev–Trinajstić information content (AvgIpc) is 2.10. The normalized spacial score (nSPS) is 14.2. The van der Waals surface area contributed by atoms with E-state index in [1.165, 1.54) is 6.42 Å². The molecule has 0 spiro atoms. The highest BCUT2D eigenvalue weighted by Crippen LogP contribution is 2.02. The van der Waals surface area contributed by atoms with E-state index in [0.717, 1.165) is 31.3 Å². The van der Waals surface area contributed by atoms with Crippen LogP contribution in [0.25, 0.3) is 0 Å². The molecule has 1 heteroatoms. The lowest BCUT2D eigenvalue weighted by Gasteiger charge is -2.05. The Hall–Kier alpha value is -0.300. The zero-order valence-electron chi connectivity index (χ0n) is 9.64. The van der Waals surface area contributed by atoms with Gasteiger partial charge in [0.15, 0.2) is 0 Å². The molecule has 0 saturated heterocycles. The van der Waals surface area contributed by atoms with Crippen LogP contribution in [0.15, 0.2) is 12.2 Å². The van der Waals surface area contributed by atoms with Crippen LogP contribution in [0.1, 0.15) is 40.5 Å². The quantitative estimate of drug-likeness (QED) is 0.472. The molecule has 78 valence electrons. The predicted molar refractivity (Wildman–Crippen MR) is 60.9 cm³/mol. The monoisotopic (exact) mass is 183 g/mol. The number of hydrogen-bond acceptors (Lipinski definition) is 1. The molecule has 0 rings (SSSR count). The third-order valence-electron chi connectivity index (χ3n) is 2.15. The van der Waals surface area contributed by atoms with Gasteiger partial charge in [-0.2, -0.15) is 0 Å². The summed E-state index contributed by atoms with van der Waals surface area (Å²) in [5, 5.41) is 3.43. The van der Waals surface area contributed by atoms with Crippen molar-refractivity contribution in [3.05, 3.63) is 12.2 Å². The van der Waals surface area contributed by atoms with Crippen molar-refractivity contribution >= 4 is 0 Å². The number of rotatable bonds is 7. The van der Waals surface area contributed by atoms with Crippen molar-refractivity contribution < 1.29 is 0 Å². The van der Waals surface area contributed by atoms with Gasteiger partial charge in [-0.05, 0) is 31.3 Å². The molecule has 1 unspecified atom stereocenters. The minimum atomic E-state index is 0.741. The molecule has 0 aliphatic carbocycles. The molecule has 0 aromatic carbocycles. The lowest BCUT2D eigenvalue weighted by molar-refractivity contribution is 0.556. The fourth-order valence-corrected chi connectivity index (χ4v) is 1.04. The van der Waals surface area contributed by atoms with Crippen LogP contribution in [0.3, 0.4) is 0 Å². The summed E-state index contributed by atoms with van der Waals surface area (Å²) in [6, 6.07) is 0. The standard InChI is InChI=1S/C12H25N/c1-5-12(4)8-6-7-9-13-10-11(2)3/h6,8,11-13H,5,7,9-10H2,1-4H3/b8-6+. The van der Waals surface area contributed by atoms with E-state index in [1.54, 1.807) is 0 Å². The molecular weight excluding hydrogens is 158 g/mol. The lowest BCUT2D eigenvalue weighted by Crippen LogP contribution is -2.20. The molecule has 13 heavy (non-hydrogen) atoms. The summed E-state index contributed by atoms with van der Waals surface area (Å²) in [4.78, 5) is 0. The molecule has 0 radical (unpaired) electrons. The van der Waals surface area contributed by atoms with E-state index in [0.29, 0.717) is 0 Å². The van der Waals surface area contributed by atoms with E-state index < -0.39 is 0 Å². The van der Waals surface area contributed by atoms with Crippen LogP contribution < -0.4 is 5.32 Å². The smallest absolute Gasteiger partial charge is 0.00142 e. The number of nitrogens with one attached hydrogen (secondary N) is 1. The van der Waals surface area contributed by atoms with Gasteiger partial charge in [0.25, 0.3) is 0 Å². The molecule has 0 fully saturated rings. The third-order valence-corrected chi connectivity index (χ3v) is 2.15. The van der Waals surface area contributed by atoms with Gasteiger partial charge in [-0.15, -0.1) is 0 Å². The zero-order valence-corrected chi connectivity index (χ0v) is 9.64. The minimum Gasteiger partial charge on any atom is -0.316 e. The van der Waals surface area contributed by atoms with Gasteiger partial charge in [-0.3, -0.25) is 0 Å². The van der Waals surface area contributed by atoms with Gasteiger partial charge >= 0.3 is 0 Å². The van der Waals surface area contributed by atoms with Gasteiger partial charge in [-0.25, -0.2) is 0 Å². The Morgan fingerprint density at radius 2 is 1.92 bits per heavy atom. The Bertz CT molecular complexity index is 127. The van der Waals surface area contributed by atoms with E-state index >= 15 is 0 Å². The topological polar surface area (TPSA) is 12.0 Å². The third kappa shape index (κ3) is 9.62. The molecule has 0 aromatic heterocycles. The van der Waals surface area contributed by atoms with Crippen molar-refractivity contribution in [1.29, 1.82) is 0 Å². The largest absolute Gasteiger partial charge is 0.316 e. The second-order valence-corrected chi connectivity index (χ2v) is 4.20. The molecule has 0 aromatic rings. The van der Waals surface area contributed by atoms with Crippen molar-refractivity contribution in [3.63, 3.8) is 0 Å². The van der Waals surface area contributed by atoms with Crippen LogP contribution in [0.5, 0.6) is 0 Å². The molecule has 0 aliphatic heterocycles. The second-order valence-electron chi connectivity index (χ2n) is 4.20. The molecule has 1 N–H and O–H groups in total. The van der Waals surface area contributed by atoms with E-state index in [-0.39, 0.29) is 0 Å². The summed E-state index contributed by atoms with van der Waals surface area (Å²) < 4.78 is 0. The summed E-state index contributed by atoms with van der Waals surface area (Å²) >= 11 is 0. The van der Waals surface area contributed by atoms with Crippen molar-refractivity contribution in [2.45, 2.75) is 40.5 Å². The van der Waals surface area contributed by atoms with Crippen LogP contribution in [0, 0.1) is 11.8 Å². The minimum absolute atomic E-state index is 0.741. The Labute approximate surface area is 83.6 Å². The van der Waals surface area contributed by atoms with Crippen LogP contribution in [0.4, 0.5) is 0 Å². The molecule has 1 atom stereocenters. The van der Waals surface area contributed by atoms with E-state index in [2.05, 4.69) is 45.2 Å². The van der Waals surface area contributed by atoms with Crippen molar-refractivity contribution in [2.75, 3.05) is 13.1 Å². The lowest BCUT2D eigenvalue weighted by atomic mass is 10.1. The second kappa shape index (κ2) is 8.31. The summed E-state index contributed by atoms with van der Waals surface area (Å²) in [7, 11) is 0. The van der Waals surface area contributed by atoms with Crippen molar-refractivity contribution in [2.24, 2.45) is 11.8 Å². The Morgan fingerprint density at radius 3 is 2.46 bits per heavy atom. The molecule has 0 amide bonds. The Kier molecular flexibility index (Phi) is 8.11. The van der Waals surface area contributed by atoms with Crippen LogP contribution in [-0.2, 0) is 0 Å². The Morgan fingerprint density at radius 1 is 1.23 bits per heavy atom. The van der Waals surface area contributed by atoms with Gasteiger partial charge in [0, 0.05) is 0 Å². The van der Waals surface area contributed by atoms with Gasteiger partial charge in [0.05, 0.1) is 0 Å². The molecular formula is C12H25N. The molecule has 0 bridgehead atoms. The summed E-state index contributed by atoms with van der Waals surface area (Å²) in [5.41, 5.74) is 0. The van der Waals surface area contributed by atoms with E-state index in [1.807, 2.05) is 0 Å². The maximum Gasteiger partial charge on any atom is -0.00142 e. The fourth-order valence-electron chi connectivity index (χ4n) is 1.04. The molecule has 0 aliphatic rings.